The van der Waals surface area contributed by atoms with Crippen LogP contribution in [-0.4, -0.2) is 19.0 Å². The molecular weight excluding hydrogens is 244 g/mol. The summed E-state index contributed by atoms with van der Waals surface area (Å²) >= 11 is 0. The highest BCUT2D eigenvalue weighted by molar-refractivity contribution is 7.85. The zero-order valence-electron chi connectivity index (χ0n) is 9.04. The van der Waals surface area contributed by atoms with Crippen molar-refractivity contribution in [2.45, 2.75) is 11.8 Å². The van der Waals surface area contributed by atoms with E-state index in [0.717, 1.165) is 0 Å². The van der Waals surface area contributed by atoms with Crippen molar-refractivity contribution in [1.82, 2.24) is 5.32 Å². The Labute approximate surface area is 99.1 Å². The molecule has 0 saturated heterocycles. The summed E-state index contributed by atoms with van der Waals surface area (Å²) in [5, 5.41) is 4.91. The van der Waals surface area contributed by atoms with Gasteiger partial charge < -0.3 is 10.6 Å². The molecule has 0 radical (unpaired) electrons. The number of amides is 2. The van der Waals surface area contributed by atoms with E-state index in [1.807, 2.05) is 0 Å². The summed E-state index contributed by atoms with van der Waals surface area (Å²) in [6, 6.07) is 4.69. The molecule has 0 aromatic heterocycles. The molecular formula is C10H12N2O4S. The maximum atomic E-state index is 11.2. The molecule has 0 saturated carbocycles. The number of hydrogen-bond donors (Lipinski definition) is 3. The molecule has 0 heterocycles. The molecule has 1 aromatic carbocycles. The van der Waals surface area contributed by atoms with Crippen molar-refractivity contribution in [3.05, 3.63) is 36.5 Å². The van der Waals surface area contributed by atoms with Crippen molar-refractivity contribution in [1.29, 1.82) is 0 Å². The van der Waals surface area contributed by atoms with Crippen LogP contribution in [0.2, 0.25) is 0 Å². The number of urea groups is 1. The molecule has 0 aliphatic carbocycles. The van der Waals surface area contributed by atoms with Gasteiger partial charge in [-0.15, -0.1) is 0 Å². The molecule has 17 heavy (non-hydrogen) atoms. The zero-order valence-corrected chi connectivity index (χ0v) is 9.86. The van der Waals surface area contributed by atoms with Gasteiger partial charge in [-0.1, -0.05) is 6.08 Å². The van der Waals surface area contributed by atoms with Crippen molar-refractivity contribution in [2.75, 3.05) is 5.32 Å². The third-order valence-electron chi connectivity index (χ3n) is 1.79. The number of carbonyl (C=O) groups excluding carboxylic acids is 1. The number of carbonyl (C=O) groups is 1. The van der Waals surface area contributed by atoms with E-state index in [2.05, 4.69) is 10.6 Å². The lowest BCUT2D eigenvalue weighted by molar-refractivity contribution is 0.255. The first kappa shape index (κ1) is 13.2. The normalized spacial score (nSPS) is 11.4. The van der Waals surface area contributed by atoms with Gasteiger partial charge in [0.2, 0.25) is 0 Å². The molecule has 92 valence electrons. The Morgan fingerprint density at radius 2 is 1.88 bits per heavy atom. The standard InChI is InChI=1S/C10H12N2O4S/c1-2-7-11-10(13)12-8-3-5-9(6-4-8)17(14,15)16/h2-7H,1H3,(H2,11,12,13)(H,14,15,16)/b7-2+. The van der Waals surface area contributed by atoms with Gasteiger partial charge >= 0.3 is 6.03 Å². The number of rotatable bonds is 3. The van der Waals surface area contributed by atoms with Crippen LogP contribution < -0.4 is 10.6 Å². The van der Waals surface area contributed by atoms with Gasteiger partial charge in [-0.2, -0.15) is 8.42 Å². The number of allylic oxidation sites excluding steroid dienone is 1. The first-order valence-electron chi connectivity index (χ1n) is 4.69. The third-order valence-corrected chi connectivity index (χ3v) is 2.66. The van der Waals surface area contributed by atoms with Crippen LogP contribution in [0.1, 0.15) is 6.92 Å². The second kappa shape index (κ2) is 5.46. The second-order valence-corrected chi connectivity index (χ2v) is 4.52. The van der Waals surface area contributed by atoms with Crippen molar-refractivity contribution in [2.24, 2.45) is 0 Å². The lowest BCUT2D eigenvalue weighted by Gasteiger charge is -2.04. The molecule has 0 aliphatic rings. The highest BCUT2D eigenvalue weighted by atomic mass is 32.2. The number of hydrogen-bond acceptors (Lipinski definition) is 3. The van der Waals surface area contributed by atoms with Gasteiger partial charge in [-0.25, -0.2) is 4.79 Å². The maximum absolute atomic E-state index is 11.2. The molecule has 7 heteroatoms. The Balaban J connectivity index is 2.72. The van der Waals surface area contributed by atoms with Gasteiger partial charge in [0.05, 0.1) is 4.90 Å². The lowest BCUT2D eigenvalue weighted by atomic mass is 10.3. The van der Waals surface area contributed by atoms with E-state index in [0.29, 0.717) is 5.69 Å². The van der Waals surface area contributed by atoms with Gasteiger partial charge in [0.1, 0.15) is 0 Å². The smallest absolute Gasteiger partial charge is 0.315 e. The van der Waals surface area contributed by atoms with Gasteiger partial charge in [-0.3, -0.25) is 4.55 Å². The summed E-state index contributed by atoms with van der Waals surface area (Å²) in [4.78, 5) is 11.0. The van der Waals surface area contributed by atoms with Crippen LogP contribution in [0, 0.1) is 0 Å². The highest BCUT2D eigenvalue weighted by Crippen LogP contribution is 2.13. The quantitative estimate of drug-likeness (QED) is 0.715. The highest BCUT2D eigenvalue weighted by Gasteiger charge is 2.08. The maximum Gasteiger partial charge on any atom is 0.323 e. The van der Waals surface area contributed by atoms with Crippen LogP contribution in [0.4, 0.5) is 10.5 Å². The van der Waals surface area contributed by atoms with E-state index < -0.39 is 16.1 Å². The fourth-order valence-corrected chi connectivity index (χ4v) is 1.52. The Kier molecular flexibility index (Phi) is 4.24. The second-order valence-electron chi connectivity index (χ2n) is 3.10. The topological polar surface area (TPSA) is 95.5 Å². The van der Waals surface area contributed by atoms with Crippen LogP contribution in [0.3, 0.4) is 0 Å². The summed E-state index contributed by atoms with van der Waals surface area (Å²) in [5.74, 6) is 0. The molecule has 0 bridgehead atoms. The van der Waals surface area contributed by atoms with E-state index >= 15 is 0 Å². The van der Waals surface area contributed by atoms with Crippen molar-refractivity contribution < 1.29 is 17.8 Å². The summed E-state index contributed by atoms with van der Waals surface area (Å²) in [6.07, 6.45) is 3.11. The molecule has 6 nitrogen and oxygen atoms in total. The first-order valence-corrected chi connectivity index (χ1v) is 6.13. The predicted octanol–water partition coefficient (Wildman–Crippen LogP) is 1.59. The molecule has 3 N–H and O–H groups in total. The van der Waals surface area contributed by atoms with E-state index in [9.17, 15) is 13.2 Å². The molecule has 2 amide bonds. The van der Waals surface area contributed by atoms with Crippen molar-refractivity contribution in [3.63, 3.8) is 0 Å². The van der Waals surface area contributed by atoms with E-state index in [1.165, 1.54) is 30.5 Å². The molecule has 1 rings (SSSR count). The minimum Gasteiger partial charge on any atom is -0.315 e. The molecule has 1 aromatic rings. The Morgan fingerprint density at radius 3 is 2.35 bits per heavy atom. The summed E-state index contributed by atoms with van der Waals surface area (Å²) < 4.78 is 30.3. The van der Waals surface area contributed by atoms with E-state index in [1.54, 1.807) is 13.0 Å². The fraction of sp³-hybridized carbons (Fsp3) is 0.100. The van der Waals surface area contributed by atoms with Crippen molar-refractivity contribution in [3.8, 4) is 0 Å². The molecule has 0 spiro atoms. The third kappa shape index (κ3) is 4.25. The SMILES string of the molecule is C/C=C/NC(=O)Nc1ccc(S(=O)(=O)O)cc1. The summed E-state index contributed by atoms with van der Waals surface area (Å²) in [7, 11) is -4.20. The molecule has 0 fully saturated rings. The van der Waals surface area contributed by atoms with Crippen LogP contribution in [-0.2, 0) is 10.1 Å². The average molecular weight is 256 g/mol. The predicted molar refractivity (Wildman–Crippen MR) is 63.2 cm³/mol. The Morgan fingerprint density at radius 1 is 1.29 bits per heavy atom. The molecule has 0 atom stereocenters. The minimum absolute atomic E-state index is 0.225. The lowest BCUT2D eigenvalue weighted by Crippen LogP contribution is -2.23. The zero-order chi connectivity index (χ0) is 12.9. The molecule has 0 unspecified atom stereocenters. The number of anilines is 1. The van der Waals surface area contributed by atoms with Crippen LogP contribution in [0.5, 0.6) is 0 Å². The largest absolute Gasteiger partial charge is 0.323 e. The van der Waals surface area contributed by atoms with Crippen molar-refractivity contribution >= 4 is 21.8 Å². The number of benzene rings is 1. The fourth-order valence-electron chi connectivity index (χ4n) is 1.04. The first-order chi connectivity index (χ1) is 7.93. The number of nitrogens with one attached hydrogen (secondary N) is 2. The van der Waals surface area contributed by atoms with Crippen LogP contribution >= 0.6 is 0 Å². The van der Waals surface area contributed by atoms with Crippen LogP contribution in [0.25, 0.3) is 0 Å². The monoisotopic (exact) mass is 256 g/mol. The summed E-state index contributed by atoms with van der Waals surface area (Å²) in [6.45, 7) is 1.75. The van der Waals surface area contributed by atoms with Gasteiger partial charge in [0.25, 0.3) is 10.1 Å². The van der Waals surface area contributed by atoms with Crippen LogP contribution in [0.15, 0.2) is 41.4 Å². The van der Waals surface area contributed by atoms with E-state index in [-0.39, 0.29) is 4.90 Å². The summed E-state index contributed by atoms with van der Waals surface area (Å²) in [5.41, 5.74) is 0.416. The van der Waals surface area contributed by atoms with Gasteiger partial charge in [0, 0.05) is 11.9 Å². The van der Waals surface area contributed by atoms with Gasteiger partial charge in [0.15, 0.2) is 0 Å². The minimum atomic E-state index is -4.20. The average Bonchev–Trinajstić information content (AvgIpc) is 2.26. The van der Waals surface area contributed by atoms with E-state index in [4.69, 9.17) is 4.55 Å². The Bertz CT molecular complexity index is 520. The molecule has 0 aliphatic heterocycles. The van der Waals surface area contributed by atoms with Gasteiger partial charge in [-0.05, 0) is 31.2 Å². The Hall–Kier alpha value is -1.86.